The molecule has 0 unspecified atom stereocenters. The largest absolute Gasteiger partial charge is 0.450 e. The Morgan fingerprint density at radius 3 is 2.29 bits per heavy atom. The third-order valence-corrected chi connectivity index (χ3v) is 3.43. The SMILES string of the molecule is NS(=O)(=O)c1ccc(CCN=CCC(=O)C(F)(F)F)cc1. The lowest BCUT2D eigenvalue weighted by molar-refractivity contribution is -0.169. The maximum Gasteiger partial charge on any atom is 0.450 e. The summed E-state index contributed by atoms with van der Waals surface area (Å²) in [5.41, 5.74) is 0.752. The maximum absolute atomic E-state index is 11.9. The molecule has 21 heavy (non-hydrogen) atoms. The normalized spacial score (nSPS) is 12.8. The van der Waals surface area contributed by atoms with Crippen LogP contribution in [0.25, 0.3) is 0 Å². The van der Waals surface area contributed by atoms with Crippen molar-refractivity contribution in [1.29, 1.82) is 0 Å². The van der Waals surface area contributed by atoms with E-state index < -0.39 is 28.4 Å². The number of alkyl halides is 3. The highest BCUT2D eigenvalue weighted by Crippen LogP contribution is 2.16. The van der Waals surface area contributed by atoms with E-state index in [0.717, 1.165) is 11.8 Å². The maximum atomic E-state index is 11.9. The number of hydrogen-bond donors (Lipinski definition) is 1. The third kappa shape index (κ3) is 6.05. The molecule has 0 aliphatic carbocycles. The van der Waals surface area contributed by atoms with E-state index in [4.69, 9.17) is 5.14 Å². The lowest BCUT2D eigenvalue weighted by atomic mass is 10.1. The molecule has 1 rings (SSSR count). The Labute approximate surface area is 119 Å². The van der Waals surface area contributed by atoms with E-state index in [-0.39, 0.29) is 11.4 Å². The van der Waals surface area contributed by atoms with Gasteiger partial charge in [-0.3, -0.25) is 9.79 Å². The number of carbonyl (C=O) groups is 1. The number of carbonyl (C=O) groups excluding carboxylic acids is 1. The third-order valence-electron chi connectivity index (χ3n) is 2.50. The van der Waals surface area contributed by atoms with Crippen LogP contribution in [0.15, 0.2) is 34.2 Å². The number of Topliss-reactive ketones (excluding diaryl/α,β-unsaturated/α-hetero) is 1. The van der Waals surface area contributed by atoms with E-state index in [1.54, 1.807) is 0 Å². The van der Waals surface area contributed by atoms with E-state index in [2.05, 4.69) is 4.99 Å². The summed E-state index contributed by atoms with van der Waals surface area (Å²) in [5, 5.41) is 4.93. The summed E-state index contributed by atoms with van der Waals surface area (Å²) in [6.45, 7) is 0.194. The van der Waals surface area contributed by atoms with Gasteiger partial charge in [0, 0.05) is 12.8 Å². The standard InChI is InChI=1S/C12H13F3N2O3S/c13-12(14,15)11(18)6-8-17-7-5-9-1-3-10(4-2-9)21(16,19)20/h1-4,8H,5-7H2,(H2,16,19,20). The van der Waals surface area contributed by atoms with Crippen LogP contribution in [0.1, 0.15) is 12.0 Å². The number of nitrogens with zero attached hydrogens (tertiary/aromatic N) is 1. The van der Waals surface area contributed by atoms with Crippen LogP contribution in [-0.2, 0) is 21.2 Å². The number of primary sulfonamides is 1. The van der Waals surface area contributed by atoms with Crippen molar-refractivity contribution >= 4 is 22.0 Å². The quantitative estimate of drug-likeness (QED) is 0.804. The molecule has 0 heterocycles. The van der Waals surface area contributed by atoms with Gasteiger partial charge in [0.2, 0.25) is 15.8 Å². The highest BCUT2D eigenvalue weighted by atomic mass is 32.2. The van der Waals surface area contributed by atoms with Crippen LogP contribution in [0.2, 0.25) is 0 Å². The second kappa shape index (κ2) is 6.81. The molecule has 0 aliphatic heterocycles. The Kier molecular flexibility index (Phi) is 5.62. The van der Waals surface area contributed by atoms with Gasteiger partial charge in [-0.15, -0.1) is 0 Å². The number of ketones is 1. The topological polar surface area (TPSA) is 89.6 Å². The van der Waals surface area contributed by atoms with Gasteiger partial charge in [-0.25, -0.2) is 13.6 Å². The molecular formula is C12H13F3N2O3S. The zero-order valence-corrected chi connectivity index (χ0v) is 11.6. The first-order valence-corrected chi connectivity index (χ1v) is 7.35. The molecule has 116 valence electrons. The highest BCUT2D eigenvalue weighted by Gasteiger charge is 2.36. The zero-order valence-electron chi connectivity index (χ0n) is 10.8. The second-order valence-electron chi connectivity index (χ2n) is 4.15. The zero-order chi connectivity index (χ0) is 16.1. The van der Waals surface area contributed by atoms with Crippen molar-refractivity contribution in [3.63, 3.8) is 0 Å². The molecule has 1 aromatic rings. The lowest BCUT2D eigenvalue weighted by Crippen LogP contribution is -2.22. The smallest absolute Gasteiger partial charge is 0.297 e. The summed E-state index contributed by atoms with van der Waals surface area (Å²) < 4.78 is 57.7. The van der Waals surface area contributed by atoms with Crippen LogP contribution in [-0.4, -0.2) is 33.1 Å². The average molecular weight is 322 g/mol. The van der Waals surface area contributed by atoms with Crippen molar-refractivity contribution in [2.45, 2.75) is 23.9 Å². The number of sulfonamides is 1. The van der Waals surface area contributed by atoms with E-state index in [1.165, 1.54) is 24.3 Å². The molecule has 0 atom stereocenters. The minimum absolute atomic E-state index is 0.0227. The fraction of sp³-hybridized carbons (Fsp3) is 0.333. The number of hydrogen-bond acceptors (Lipinski definition) is 4. The van der Waals surface area contributed by atoms with Crippen LogP contribution in [0.3, 0.4) is 0 Å². The molecule has 5 nitrogen and oxygen atoms in total. The van der Waals surface area contributed by atoms with Crippen LogP contribution >= 0.6 is 0 Å². The second-order valence-corrected chi connectivity index (χ2v) is 5.71. The minimum Gasteiger partial charge on any atom is -0.297 e. The molecule has 2 N–H and O–H groups in total. The molecule has 0 radical (unpaired) electrons. The number of nitrogens with two attached hydrogens (primary N) is 1. The predicted octanol–water partition coefficient (Wildman–Crippen LogP) is 1.47. The van der Waals surface area contributed by atoms with E-state index >= 15 is 0 Å². The molecule has 0 amide bonds. The summed E-state index contributed by atoms with van der Waals surface area (Å²) in [6, 6.07) is 5.75. The van der Waals surface area contributed by atoms with Crippen molar-refractivity contribution in [3.05, 3.63) is 29.8 Å². The van der Waals surface area contributed by atoms with Gasteiger partial charge in [0.1, 0.15) is 0 Å². The predicted molar refractivity (Wildman–Crippen MR) is 70.6 cm³/mol. The molecule has 0 aromatic heterocycles. The molecule has 1 aromatic carbocycles. The summed E-state index contributed by atoms with van der Waals surface area (Å²) in [6.07, 6.45) is -4.29. The molecule has 0 saturated heterocycles. The number of rotatable bonds is 6. The van der Waals surface area contributed by atoms with Crippen LogP contribution in [0.5, 0.6) is 0 Å². The van der Waals surface area contributed by atoms with Crippen molar-refractivity contribution in [1.82, 2.24) is 0 Å². The first kappa shape index (κ1) is 17.3. The molecule has 0 spiro atoms. The molecule has 9 heteroatoms. The molecule has 0 bridgehead atoms. The minimum atomic E-state index is -4.84. The lowest BCUT2D eigenvalue weighted by Gasteiger charge is -2.02. The Balaban J connectivity index is 2.45. The Morgan fingerprint density at radius 1 is 1.24 bits per heavy atom. The first-order chi connectivity index (χ1) is 9.60. The van der Waals surface area contributed by atoms with Gasteiger partial charge >= 0.3 is 6.18 Å². The van der Waals surface area contributed by atoms with Crippen LogP contribution in [0.4, 0.5) is 13.2 Å². The van der Waals surface area contributed by atoms with E-state index in [1.807, 2.05) is 0 Å². The van der Waals surface area contributed by atoms with Gasteiger partial charge in [0.25, 0.3) is 0 Å². The summed E-state index contributed by atoms with van der Waals surface area (Å²) in [5.74, 6) is -1.84. The van der Waals surface area contributed by atoms with Gasteiger partial charge < -0.3 is 0 Å². The van der Waals surface area contributed by atoms with Gasteiger partial charge in [-0.1, -0.05) is 12.1 Å². The molecular weight excluding hydrogens is 309 g/mol. The Morgan fingerprint density at radius 2 is 1.81 bits per heavy atom. The molecule has 0 aliphatic rings. The van der Waals surface area contributed by atoms with Crippen molar-refractivity contribution in [2.75, 3.05) is 6.54 Å². The van der Waals surface area contributed by atoms with Crippen molar-refractivity contribution < 1.29 is 26.4 Å². The first-order valence-electron chi connectivity index (χ1n) is 5.81. The molecule has 0 saturated carbocycles. The number of aliphatic imine (C=N–C) groups is 1. The van der Waals surface area contributed by atoms with Crippen molar-refractivity contribution in [3.8, 4) is 0 Å². The van der Waals surface area contributed by atoms with Gasteiger partial charge in [-0.2, -0.15) is 13.2 Å². The summed E-state index contributed by atoms with van der Waals surface area (Å²) >= 11 is 0. The van der Waals surface area contributed by atoms with Crippen molar-refractivity contribution in [2.24, 2.45) is 10.1 Å². The van der Waals surface area contributed by atoms with E-state index in [0.29, 0.717) is 6.42 Å². The number of benzene rings is 1. The van der Waals surface area contributed by atoms with Crippen LogP contribution < -0.4 is 5.14 Å². The molecule has 0 fully saturated rings. The Hall–Kier alpha value is -1.74. The van der Waals surface area contributed by atoms with Crippen LogP contribution in [0, 0.1) is 0 Å². The van der Waals surface area contributed by atoms with E-state index in [9.17, 15) is 26.4 Å². The fourth-order valence-corrected chi connectivity index (χ4v) is 1.91. The number of halogens is 3. The van der Waals surface area contributed by atoms with Gasteiger partial charge in [0.05, 0.1) is 11.3 Å². The Bertz CT molecular complexity index is 622. The van der Waals surface area contributed by atoms with Gasteiger partial charge in [-0.05, 0) is 24.1 Å². The average Bonchev–Trinajstić information content (AvgIpc) is 2.36. The van der Waals surface area contributed by atoms with Gasteiger partial charge in [0.15, 0.2) is 0 Å². The fourth-order valence-electron chi connectivity index (χ4n) is 1.39. The monoisotopic (exact) mass is 322 g/mol. The summed E-state index contributed by atoms with van der Waals surface area (Å²) in [7, 11) is -3.75. The summed E-state index contributed by atoms with van der Waals surface area (Å²) in [4.78, 5) is 14.2. The highest BCUT2D eigenvalue weighted by molar-refractivity contribution is 7.89.